The van der Waals surface area contributed by atoms with Gasteiger partial charge in [-0.15, -0.1) is 0 Å². The molecule has 1 aromatic rings. The lowest BCUT2D eigenvalue weighted by atomic mass is 10.1. The molecule has 4 nitrogen and oxygen atoms in total. The minimum atomic E-state index is 0.506. The summed E-state index contributed by atoms with van der Waals surface area (Å²) in [5, 5.41) is 4.19. The van der Waals surface area contributed by atoms with E-state index in [-0.39, 0.29) is 0 Å². The molecule has 0 fully saturated rings. The van der Waals surface area contributed by atoms with Crippen molar-refractivity contribution < 1.29 is 0 Å². The molecule has 1 aromatic heterocycles. The van der Waals surface area contributed by atoms with Crippen LogP contribution >= 0.6 is 11.6 Å². The van der Waals surface area contributed by atoms with E-state index < -0.39 is 0 Å². The third-order valence-electron chi connectivity index (χ3n) is 3.64. The van der Waals surface area contributed by atoms with Gasteiger partial charge in [-0.3, -0.25) is 0 Å². The molecule has 0 radical (unpaired) electrons. The molecule has 0 spiro atoms. The van der Waals surface area contributed by atoms with E-state index in [0.717, 1.165) is 25.5 Å². The Morgan fingerprint density at radius 1 is 1.42 bits per heavy atom. The molecule has 0 amide bonds. The Morgan fingerprint density at radius 2 is 2.11 bits per heavy atom. The second-order valence-electron chi connectivity index (χ2n) is 5.01. The smallest absolute Gasteiger partial charge is 0.128 e. The van der Waals surface area contributed by atoms with Gasteiger partial charge in [0, 0.05) is 13.1 Å². The van der Waals surface area contributed by atoms with Gasteiger partial charge in [0.05, 0.1) is 12.7 Å². The number of hydrogen-bond donors (Lipinski definition) is 1. The molecule has 0 aliphatic carbocycles. The van der Waals surface area contributed by atoms with E-state index in [2.05, 4.69) is 36.0 Å². The first kappa shape index (κ1) is 16.5. The van der Waals surface area contributed by atoms with Crippen LogP contribution in [0.25, 0.3) is 0 Å². The molecule has 0 aliphatic rings. The van der Waals surface area contributed by atoms with Crippen LogP contribution in [-0.4, -0.2) is 40.1 Å². The molecule has 0 saturated heterocycles. The summed E-state index contributed by atoms with van der Waals surface area (Å²) in [6, 6.07) is 0.506. The monoisotopic (exact) mass is 286 g/mol. The maximum absolute atomic E-state index is 5.96. The highest BCUT2D eigenvalue weighted by atomic mass is 35.5. The Labute approximate surface area is 122 Å². The van der Waals surface area contributed by atoms with Crippen molar-refractivity contribution in [3.63, 3.8) is 0 Å². The van der Waals surface area contributed by atoms with Crippen LogP contribution in [0.4, 0.5) is 0 Å². The standard InChI is InChI=1S/C14H27ClN4/c1-5-19(6-2)9-7-8-12(3)16-11-14-17-10-13(15)18(14)4/h10,12,16H,5-9,11H2,1-4H3. The molecule has 1 rings (SSSR count). The van der Waals surface area contributed by atoms with E-state index in [1.165, 1.54) is 19.4 Å². The van der Waals surface area contributed by atoms with Gasteiger partial charge in [-0.2, -0.15) is 0 Å². The molecule has 0 saturated carbocycles. The lowest BCUT2D eigenvalue weighted by Crippen LogP contribution is -2.29. The summed E-state index contributed by atoms with van der Waals surface area (Å²) in [6.07, 6.45) is 4.12. The lowest BCUT2D eigenvalue weighted by molar-refractivity contribution is 0.290. The number of aromatic nitrogens is 2. The van der Waals surface area contributed by atoms with Gasteiger partial charge in [-0.25, -0.2) is 4.98 Å². The molecule has 110 valence electrons. The number of rotatable bonds is 9. The summed E-state index contributed by atoms with van der Waals surface area (Å²) in [5.74, 6) is 0.987. The Hall–Kier alpha value is -0.580. The molecular formula is C14H27ClN4. The Balaban J connectivity index is 2.21. The van der Waals surface area contributed by atoms with Crippen molar-refractivity contribution in [2.75, 3.05) is 19.6 Å². The van der Waals surface area contributed by atoms with Crippen molar-refractivity contribution in [1.29, 1.82) is 0 Å². The molecule has 1 atom stereocenters. The first-order chi connectivity index (χ1) is 9.08. The third kappa shape index (κ3) is 5.51. The average molecular weight is 287 g/mol. The van der Waals surface area contributed by atoms with Crippen LogP contribution in [0.3, 0.4) is 0 Å². The topological polar surface area (TPSA) is 33.1 Å². The molecule has 0 aliphatic heterocycles. The second kappa shape index (κ2) is 8.56. The first-order valence-corrected chi connectivity index (χ1v) is 7.58. The number of hydrogen-bond acceptors (Lipinski definition) is 3. The van der Waals surface area contributed by atoms with Crippen LogP contribution in [0.15, 0.2) is 6.20 Å². The van der Waals surface area contributed by atoms with Gasteiger partial charge in [0.25, 0.3) is 0 Å². The van der Waals surface area contributed by atoms with Crippen LogP contribution in [0.5, 0.6) is 0 Å². The normalized spacial score (nSPS) is 13.2. The molecule has 1 N–H and O–H groups in total. The number of nitrogens with zero attached hydrogens (tertiary/aromatic N) is 3. The summed E-state index contributed by atoms with van der Waals surface area (Å²) >= 11 is 5.96. The fourth-order valence-corrected chi connectivity index (χ4v) is 2.26. The zero-order valence-corrected chi connectivity index (χ0v) is 13.4. The van der Waals surface area contributed by atoms with Crippen molar-refractivity contribution >= 4 is 11.6 Å². The van der Waals surface area contributed by atoms with Gasteiger partial charge < -0.3 is 14.8 Å². The van der Waals surface area contributed by atoms with E-state index in [0.29, 0.717) is 11.2 Å². The number of halogens is 1. The molecule has 5 heteroatoms. The van der Waals surface area contributed by atoms with Crippen molar-refractivity contribution in [3.8, 4) is 0 Å². The summed E-state index contributed by atoms with van der Waals surface area (Å²) in [7, 11) is 1.94. The van der Waals surface area contributed by atoms with Crippen molar-refractivity contribution in [1.82, 2.24) is 19.8 Å². The minimum Gasteiger partial charge on any atom is -0.321 e. The maximum Gasteiger partial charge on any atom is 0.128 e. The van der Waals surface area contributed by atoms with Gasteiger partial charge in [0.1, 0.15) is 11.0 Å². The predicted molar refractivity (Wildman–Crippen MR) is 81.5 cm³/mol. The van der Waals surface area contributed by atoms with E-state index >= 15 is 0 Å². The quantitative estimate of drug-likeness (QED) is 0.758. The third-order valence-corrected chi connectivity index (χ3v) is 3.99. The Bertz CT molecular complexity index is 360. The van der Waals surface area contributed by atoms with Crippen molar-refractivity contribution in [3.05, 3.63) is 17.2 Å². The molecule has 19 heavy (non-hydrogen) atoms. The Morgan fingerprint density at radius 3 is 2.63 bits per heavy atom. The number of nitrogens with one attached hydrogen (secondary N) is 1. The fourth-order valence-electron chi connectivity index (χ4n) is 2.12. The fraction of sp³-hybridized carbons (Fsp3) is 0.786. The van der Waals surface area contributed by atoms with Crippen LogP contribution in [0.1, 0.15) is 39.4 Å². The van der Waals surface area contributed by atoms with Crippen molar-refractivity contribution in [2.24, 2.45) is 7.05 Å². The van der Waals surface area contributed by atoms with E-state index in [1.54, 1.807) is 6.20 Å². The minimum absolute atomic E-state index is 0.506. The average Bonchev–Trinajstić information content (AvgIpc) is 2.73. The van der Waals surface area contributed by atoms with Gasteiger partial charge >= 0.3 is 0 Å². The lowest BCUT2D eigenvalue weighted by Gasteiger charge is -2.19. The highest BCUT2D eigenvalue weighted by Gasteiger charge is 2.07. The van der Waals surface area contributed by atoms with Crippen LogP contribution in [0.2, 0.25) is 5.15 Å². The SMILES string of the molecule is CCN(CC)CCCC(C)NCc1ncc(Cl)n1C. The molecule has 1 unspecified atom stereocenters. The van der Waals surface area contributed by atoms with Gasteiger partial charge in [0.15, 0.2) is 0 Å². The maximum atomic E-state index is 5.96. The molecule has 1 heterocycles. The Kier molecular flexibility index (Phi) is 7.42. The van der Waals surface area contributed by atoms with Gasteiger partial charge in [0.2, 0.25) is 0 Å². The van der Waals surface area contributed by atoms with Crippen LogP contribution in [0, 0.1) is 0 Å². The van der Waals surface area contributed by atoms with Crippen LogP contribution < -0.4 is 5.32 Å². The largest absolute Gasteiger partial charge is 0.321 e. The van der Waals surface area contributed by atoms with E-state index in [9.17, 15) is 0 Å². The summed E-state index contributed by atoms with van der Waals surface area (Å²) in [5.41, 5.74) is 0. The predicted octanol–water partition coefficient (Wildman–Crippen LogP) is 2.67. The zero-order valence-electron chi connectivity index (χ0n) is 12.6. The molecular weight excluding hydrogens is 260 g/mol. The van der Waals surface area contributed by atoms with Gasteiger partial charge in [-0.1, -0.05) is 25.4 Å². The summed E-state index contributed by atoms with van der Waals surface area (Å²) in [6.45, 7) is 10.9. The van der Waals surface area contributed by atoms with Crippen molar-refractivity contribution in [2.45, 2.75) is 46.2 Å². The van der Waals surface area contributed by atoms with E-state index in [1.807, 2.05) is 11.6 Å². The highest BCUT2D eigenvalue weighted by molar-refractivity contribution is 6.29. The molecule has 0 bridgehead atoms. The first-order valence-electron chi connectivity index (χ1n) is 7.20. The van der Waals surface area contributed by atoms with E-state index in [4.69, 9.17) is 11.6 Å². The number of imidazole rings is 1. The molecule has 0 aromatic carbocycles. The summed E-state index contributed by atoms with van der Waals surface area (Å²) < 4.78 is 1.91. The van der Waals surface area contributed by atoms with Gasteiger partial charge in [-0.05, 0) is 39.4 Å². The summed E-state index contributed by atoms with van der Waals surface area (Å²) in [4.78, 5) is 6.75. The van der Waals surface area contributed by atoms with Crippen LogP contribution in [-0.2, 0) is 13.6 Å². The second-order valence-corrected chi connectivity index (χ2v) is 5.39. The zero-order chi connectivity index (χ0) is 14.3. The highest BCUT2D eigenvalue weighted by Crippen LogP contribution is 2.09.